The quantitative estimate of drug-likeness (QED) is 0.932. The molecular weight excluding hydrogens is 308 g/mol. The summed E-state index contributed by atoms with van der Waals surface area (Å²) in [7, 11) is 1.60. The zero-order chi connectivity index (χ0) is 17.3. The van der Waals surface area contributed by atoms with Gasteiger partial charge in [0.1, 0.15) is 11.4 Å². The van der Waals surface area contributed by atoms with Crippen LogP contribution in [0.4, 0.5) is 0 Å². The number of carbonyl (C=O) groups excluding carboxylic acids is 1. The maximum atomic E-state index is 12.7. The van der Waals surface area contributed by atoms with Crippen LogP contribution in [-0.2, 0) is 5.60 Å². The molecule has 1 aliphatic rings. The van der Waals surface area contributed by atoms with Crippen molar-refractivity contribution in [3.8, 4) is 5.75 Å². The second-order valence-electron chi connectivity index (χ2n) is 6.37. The van der Waals surface area contributed by atoms with Gasteiger partial charge >= 0.3 is 0 Å². The lowest BCUT2D eigenvalue weighted by Crippen LogP contribution is -2.48. The Labute approximate surface area is 141 Å². The minimum absolute atomic E-state index is 0.213. The second kappa shape index (κ2) is 6.28. The number of ether oxygens (including phenoxy) is 1. The Morgan fingerprint density at radius 3 is 2.71 bits per heavy atom. The molecule has 1 saturated heterocycles. The van der Waals surface area contributed by atoms with Gasteiger partial charge in [0.25, 0.3) is 5.91 Å². The Kier molecular flexibility index (Phi) is 4.32. The summed E-state index contributed by atoms with van der Waals surface area (Å²) in [5.41, 5.74) is 0.255. The van der Waals surface area contributed by atoms with Crippen molar-refractivity contribution in [2.24, 2.45) is 0 Å². The van der Waals surface area contributed by atoms with Crippen molar-refractivity contribution in [3.05, 3.63) is 47.3 Å². The molecule has 0 unspecified atom stereocenters. The number of methoxy groups -OCH3 is 1. The number of rotatable bonds is 4. The highest BCUT2D eigenvalue weighted by Crippen LogP contribution is 2.36. The molecule has 0 saturated carbocycles. The van der Waals surface area contributed by atoms with Gasteiger partial charge in [0.15, 0.2) is 0 Å². The van der Waals surface area contributed by atoms with Crippen LogP contribution in [0.25, 0.3) is 0 Å². The van der Waals surface area contributed by atoms with Crippen molar-refractivity contribution in [2.45, 2.75) is 38.3 Å². The fourth-order valence-corrected chi connectivity index (χ4v) is 3.32. The third kappa shape index (κ3) is 2.89. The minimum Gasteiger partial charge on any atom is -0.497 e. The summed E-state index contributed by atoms with van der Waals surface area (Å²) in [5, 5.41) is 14.9. The fraction of sp³-hybridized carbons (Fsp3) is 0.444. The zero-order valence-corrected chi connectivity index (χ0v) is 14.2. The predicted octanol–water partition coefficient (Wildman–Crippen LogP) is 2.50. The van der Waals surface area contributed by atoms with Crippen molar-refractivity contribution in [1.82, 2.24) is 10.1 Å². The Bertz CT molecular complexity index is 721. The molecule has 1 aromatic heterocycles. The summed E-state index contributed by atoms with van der Waals surface area (Å²) >= 11 is 0. The van der Waals surface area contributed by atoms with Crippen LogP contribution in [0.1, 0.15) is 41.6 Å². The molecule has 2 atom stereocenters. The Hall–Kier alpha value is -2.34. The van der Waals surface area contributed by atoms with E-state index in [1.54, 1.807) is 31.9 Å². The molecule has 128 valence electrons. The summed E-state index contributed by atoms with van der Waals surface area (Å²) in [6.45, 7) is 4.11. The normalized spacial score (nSPS) is 20.0. The molecule has 0 bridgehead atoms. The van der Waals surface area contributed by atoms with E-state index in [2.05, 4.69) is 5.16 Å². The third-order valence-corrected chi connectivity index (χ3v) is 4.68. The topological polar surface area (TPSA) is 75.8 Å². The molecule has 1 aromatic carbocycles. The molecule has 1 N–H and O–H groups in total. The van der Waals surface area contributed by atoms with E-state index in [0.717, 1.165) is 24.2 Å². The first kappa shape index (κ1) is 16.5. The highest BCUT2D eigenvalue weighted by Gasteiger charge is 2.43. The van der Waals surface area contributed by atoms with Crippen LogP contribution in [0.15, 0.2) is 34.9 Å². The van der Waals surface area contributed by atoms with E-state index in [9.17, 15) is 9.90 Å². The lowest BCUT2D eigenvalue weighted by molar-refractivity contribution is -0.0187. The molecule has 2 aromatic rings. The van der Waals surface area contributed by atoms with E-state index in [-0.39, 0.29) is 17.7 Å². The maximum absolute atomic E-state index is 12.7. The molecule has 0 spiro atoms. The highest BCUT2D eigenvalue weighted by atomic mass is 16.5. The Morgan fingerprint density at radius 1 is 1.42 bits per heavy atom. The van der Waals surface area contributed by atoms with Gasteiger partial charge in [-0.1, -0.05) is 17.3 Å². The van der Waals surface area contributed by atoms with Crippen molar-refractivity contribution in [2.75, 3.05) is 13.7 Å². The number of hydrogen-bond acceptors (Lipinski definition) is 5. The van der Waals surface area contributed by atoms with Gasteiger partial charge in [0, 0.05) is 12.6 Å². The van der Waals surface area contributed by atoms with Crippen LogP contribution in [0, 0.1) is 6.92 Å². The van der Waals surface area contributed by atoms with Crippen molar-refractivity contribution in [1.29, 1.82) is 0 Å². The summed E-state index contributed by atoms with van der Waals surface area (Å²) in [4.78, 5) is 14.4. The van der Waals surface area contributed by atoms with Gasteiger partial charge in [-0.15, -0.1) is 0 Å². The smallest absolute Gasteiger partial charge is 0.292 e. The zero-order valence-electron chi connectivity index (χ0n) is 14.2. The van der Waals surface area contributed by atoms with Crippen LogP contribution in [0.5, 0.6) is 5.75 Å². The predicted molar refractivity (Wildman–Crippen MR) is 87.9 cm³/mol. The molecule has 3 rings (SSSR count). The standard InChI is InChI=1S/C18H22N2O4/c1-12-11-15(24-19-12)17(21)20-10-4-5-16(20)18(2,22)13-6-8-14(23-3)9-7-13/h6-9,11,16,22H,4-5,10H2,1-3H3/t16-,18+/m1/s1. The van der Waals surface area contributed by atoms with Gasteiger partial charge in [0.05, 0.1) is 18.8 Å². The Morgan fingerprint density at radius 2 is 2.12 bits per heavy atom. The van der Waals surface area contributed by atoms with Gasteiger partial charge < -0.3 is 19.3 Å². The Balaban J connectivity index is 1.86. The third-order valence-electron chi connectivity index (χ3n) is 4.68. The highest BCUT2D eigenvalue weighted by molar-refractivity contribution is 5.92. The molecule has 2 heterocycles. The average Bonchev–Trinajstić information content (AvgIpc) is 3.23. The summed E-state index contributed by atoms with van der Waals surface area (Å²) in [5.74, 6) is 0.711. The van der Waals surface area contributed by atoms with Crippen LogP contribution < -0.4 is 4.74 Å². The van der Waals surface area contributed by atoms with E-state index in [0.29, 0.717) is 12.2 Å². The van der Waals surface area contributed by atoms with Gasteiger partial charge in [-0.2, -0.15) is 0 Å². The fourth-order valence-electron chi connectivity index (χ4n) is 3.32. The molecule has 6 nitrogen and oxygen atoms in total. The number of amides is 1. The van der Waals surface area contributed by atoms with E-state index in [1.807, 2.05) is 24.3 Å². The van der Waals surface area contributed by atoms with Gasteiger partial charge in [0.2, 0.25) is 5.76 Å². The maximum Gasteiger partial charge on any atom is 0.292 e. The molecule has 1 amide bonds. The summed E-state index contributed by atoms with van der Waals surface area (Å²) < 4.78 is 10.3. The SMILES string of the molecule is COc1ccc([C@](C)(O)[C@H]2CCCN2C(=O)c2cc(C)no2)cc1. The van der Waals surface area contributed by atoms with Crippen molar-refractivity contribution >= 4 is 5.91 Å². The molecule has 0 radical (unpaired) electrons. The number of hydrogen-bond donors (Lipinski definition) is 1. The first-order valence-corrected chi connectivity index (χ1v) is 8.04. The number of benzene rings is 1. The number of nitrogens with zero attached hydrogens (tertiary/aromatic N) is 2. The first-order valence-electron chi connectivity index (χ1n) is 8.04. The van der Waals surface area contributed by atoms with Gasteiger partial charge in [-0.3, -0.25) is 4.79 Å². The van der Waals surface area contributed by atoms with E-state index in [4.69, 9.17) is 9.26 Å². The van der Waals surface area contributed by atoms with Crippen LogP contribution in [0.2, 0.25) is 0 Å². The number of carbonyl (C=O) groups is 1. The molecule has 24 heavy (non-hydrogen) atoms. The largest absolute Gasteiger partial charge is 0.497 e. The molecule has 0 aliphatic carbocycles. The number of aromatic nitrogens is 1. The molecule has 1 aliphatic heterocycles. The van der Waals surface area contributed by atoms with Crippen LogP contribution in [-0.4, -0.2) is 40.8 Å². The van der Waals surface area contributed by atoms with Gasteiger partial charge in [-0.05, 0) is 44.4 Å². The van der Waals surface area contributed by atoms with Crippen molar-refractivity contribution < 1.29 is 19.2 Å². The number of likely N-dealkylation sites (tertiary alicyclic amines) is 1. The van der Waals surface area contributed by atoms with Crippen LogP contribution in [0.3, 0.4) is 0 Å². The van der Waals surface area contributed by atoms with Crippen LogP contribution >= 0.6 is 0 Å². The van der Waals surface area contributed by atoms with Gasteiger partial charge in [-0.25, -0.2) is 0 Å². The summed E-state index contributed by atoms with van der Waals surface area (Å²) in [6.07, 6.45) is 1.58. The number of aryl methyl sites for hydroxylation is 1. The molecular formula is C18H22N2O4. The lowest BCUT2D eigenvalue weighted by Gasteiger charge is -2.36. The number of aliphatic hydroxyl groups is 1. The second-order valence-corrected chi connectivity index (χ2v) is 6.37. The first-order chi connectivity index (χ1) is 11.4. The molecule has 1 fully saturated rings. The monoisotopic (exact) mass is 330 g/mol. The molecule has 6 heteroatoms. The lowest BCUT2D eigenvalue weighted by atomic mass is 9.86. The summed E-state index contributed by atoms with van der Waals surface area (Å²) in [6, 6.07) is 8.59. The van der Waals surface area contributed by atoms with E-state index < -0.39 is 5.60 Å². The van der Waals surface area contributed by atoms with Crippen molar-refractivity contribution in [3.63, 3.8) is 0 Å². The van der Waals surface area contributed by atoms with E-state index >= 15 is 0 Å². The van der Waals surface area contributed by atoms with E-state index in [1.165, 1.54) is 0 Å². The minimum atomic E-state index is -1.16. The average molecular weight is 330 g/mol.